The molecule has 2 saturated heterocycles. The van der Waals surface area contributed by atoms with Crippen LogP contribution in [0.4, 0.5) is 0 Å². The van der Waals surface area contributed by atoms with Crippen LogP contribution in [0.15, 0.2) is 29.2 Å². The number of halogens is 1. The number of nitrogens with zero attached hydrogens (tertiary/aromatic N) is 2. The molecule has 7 nitrogen and oxygen atoms in total. The van der Waals surface area contributed by atoms with Gasteiger partial charge in [0.1, 0.15) is 6.04 Å². The van der Waals surface area contributed by atoms with Crippen LogP contribution in [0.25, 0.3) is 0 Å². The van der Waals surface area contributed by atoms with Gasteiger partial charge >= 0.3 is 0 Å². The molecule has 0 radical (unpaired) electrons. The van der Waals surface area contributed by atoms with Crippen molar-refractivity contribution in [2.24, 2.45) is 5.92 Å². The molecule has 2 unspecified atom stereocenters. The van der Waals surface area contributed by atoms with Gasteiger partial charge in [0.25, 0.3) is 0 Å². The number of hydrogen-bond donors (Lipinski definition) is 1. The van der Waals surface area contributed by atoms with Gasteiger partial charge in [-0.3, -0.25) is 9.59 Å². The van der Waals surface area contributed by atoms with Gasteiger partial charge in [-0.15, -0.1) is 0 Å². The van der Waals surface area contributed by atoms with E-state index in [9.17, 15) is 18.0 Å². The van der Waals surface area contributed by atoms with E-state index in [1.165, 1.54) is 28.6 Å². The van der Waals surface area contributed by atoms with Crippen molar-refractivity contribution in [3.05, 3.63) is 29.3 Å². The smallest absolute Gasteiger partial charge is 0.243 e. The zero-order valence-electron chi connectivity index (χ0n) is 14.5. The van der Waals surface area contributed by atoms with Crippen molar-refractivity contribution in [2.75, 3.05) is 26.2 Å². The van der Waals surface area contributed by atoms with Crippen LogP contribution >= 0.6 is 11.6 Å². The average molecular weight is 400 g/mol. The third-order valence-electron chi connectivity index (χ3n) is 4.97. The maximum atomic E-state index is 12.9. The van der Waals surface area contributed by atoms with Gasteiger partial charge in [0.15, 0.2) is 0 Å². The van der Waals surface area contributed by atoms with Crippen LogP contribution in [-0.2, 0) is 19.6 Å². The van der Waals surface area contributed by atoms with Crippen LogP contribution in [0.5, 0.6) is 0 Å². The first-order chi connectivity index (χ1) is 12.3. The highest BCUT2D eigenvalue weighted by molar-refractivity contribution is 7.89. The Balaban J connectivity index is 1.75. The molecule has 0 spiro atoms. The first kappa shape index (κ1) is 19.1. The van der Waals surface area contributed by atoms with Gasteiger partial charge in [0.2, 0.25) is 21.8 Å². The Labute approximate surface area is 158 Å². The Kier molecular flexibility index (Phi) is 5.55. The number of amides is 2. The molecular weight excluding hydrogens is 378 g/mol. The molecule has 0 saturated carbocycles. The van der Waals surface area contributed by atoms with Gasteiger partial charge in [0, 0.05) is 31.2 Å². The quantitative estimate of drug-likeness (QED) is 0.824. The second-order valence-corrected chi connectivity index (χ2v) is 9.03. The topological polar surface area (TPSA) is 86.8 Å². The Bertz CT molecular complexity index is 797. The van der Waals surface area contributed by atoms with Crippen LogP contribution < -0.4 is 5.32 Å². The summed E-state index contributed by atoms with van der Waals surface area (Å²) in [7, 11) is -3.68. The Morgan fingerprint density at radius 2 is 1.92 bits per heavy atom. The van der Waals surface area contributed by atoms with Crippen LogP contribution in [0.3, 0.4) is 0 Å². The third kappa shape index (κ3) is 3.72. The standard InChI is InChI=1S/C17H22ClN3O4S/c1-12-16(22)19-8-10-21(12)17(23)13-3-2-9-20(11-13)26(24,25)15-6-4-14(18)5-7-15/h4-7,12-13H,2-3,8-11H2,1H3,(H,19,22). The van der Waals surface area contributed by atoms with Gasteiger partial charge in [-0.05, 0) is 44.0 Å². The molecule has 0 bridgehead atoms. The first-order valence-corrected chi connectivity index (χ1v) is 10.5. The van der Waals surface area contributed by atoms with E-state index in [-0.39, 0.29) is 23.3 Å². The van der Waals surface area contributed by atoms with Crippen LogP contribution in [-0.4, -0.2) is 61.7 Å². The minimum absolute atomic E-state index is 0.134. The molecule has 2 heterocycles. The van der Waals surface area contributed by atoms with Gasteiger partial charge < -0.3 is 10.2 Å². The number of carbonyl (C=O) groups excluding carboxylic acids is 2. The van der Waals surface area contributed by atoms with E-state index in [1.54, 1.807) is 11.8 Å². The Morgan fingerprint density at radius 3 is 2.62 bits per heavy atom. The number of piperidine rings is 1. The van der Waals surface area contributed by atoms with E-state index in [1.807, 2.05) is 0 Å². The van der Waals surface area contributed by atoms with Gasteiger partial charge in [-0.25, -0.2) is 8.42 Å². The Morgan fingerprint density at radius 1 is 1.23 bits per heavy atom. The molecule has 9 heteroatoms. The lowest BCUT2D eigenvalue weighted by Crippen LogP contribution is -2.58. The monoisotopic (exact) mass is 399 g/mol. The summed E-state index contributed by atoms with van der Waals surface area (Å²) in [6.07, 6.45) is 1.23. The summed E-state index contributed by atoms with van der Waals surface area (Å²) in [4.78, 5) is 26.4. The number of carbonyl (C=O) groups is 2. The van der Waals surface area contributed by atoms with Crippen molar-refractivity contribution in [1.82, 2.24) is 14.5 Å². The highest BCUT2D eigenvalue weighted by atomic mass is 35.5. The second-order valence-electron chi connectivity index (χ2n) is 6.65. The van der Waals surface area contributed by atoms with Gasteiger partial charge in [0.05, 0.1) is 10.8 Å². The summed E-state index contributed by atoms with van der Waals surface area (Å²) < 4.78 is 27.1. The molecule has 0 aliphatic carbocycles. The summed E-state index contributed by atoms with van der Waals surface area (Å²) in [5.74, 6) is -0.756. The number of sulfonamides is 1. The fourth-order valence-corrected chi connectivity index (χ4v) is 5.09. The van der Waals surface area contributed by atoms with Crippen molar-refractivity contribution in [1.29, 1.82) is 0 Å². The van der Waals surface area contributed by atoms with E-state index < -0.39 is 22.0 Å². The molecule has 2 aliphatic heterocycles. The SMILES string of the molecule is CC1C(=O)NCCN1C(=O)C1CCCN(S(=O)(=O)c2ccc(Cl)cc2)C1. The molecule has 2 atom stereocenters. The van der Waals surface area contributed by atoms with E-state index in [2.05, 4.69) is 5.32 Å². The van der Waals surface area contributed by atoms with Crippen molar-refractivity contribution >= 4 is 33.4 Å². The summed E-state index contributed by atoms with van der Waals surface area (Å²) in [6.45, 7) is 3.08. The lowest BCUT2D eigenvalue weighted by molar-refractivity contribution is -0.146. The Hall–Kier alpha value is -1.64. The van der Waals surface area contributed by atoms with Crippen molar-refractivity contribution < 1.29 is 18.0 Å². The van der Waals surface area contributed by atoms with Gasteiger partial charge in [-0.2, -0.15) is 4.31 Å². The fraction of sp³-hybridized carbons (Fsp3) is 0.529. The van der Waals surface area contributed by atoms with Gasteiger partial charge in [-0.1, -0.05) is 11.6 Å². The molecule has 1 aromatic rings. The van der Waals surface area contributed by atoms with Crippen molar-refractivity contribution in [2.45, 2.75) is 30.7 Å². The van der Waals surface area contributed by atoms with E-state index in [4.69, 9.17) is 11.6 Å². The third-order valence-corrected chi connectivity index (χ3v) is 7.10. The van der Waals surface area contributed by atoms with E-state index in [0.29, 0.717) is 37.5 Å². The predicted octanol–water partition coefficient (Wildman–Crippen LogP) is 1.09. The zero-order chi connectivity index (χ0) is 18.9. The lowest BCUT2D eigenvalue weighted by Gasteiger charge is -2.38. The number of piperazine rings is 1. The highest BCUT2D eigenvalue weighted by Crippen LogP contribution is 2.26. The predicted molar refractivity (Wildman–Crippen MR) is 97.1 cm³/mol. The van der Waals surface area contributed by atoms with E-state index in [0.717, 1.165) is 0 Å². The summed E-state index contributed by atoms with van der Waals surface area (Å²) in [5, 5.41) is 3.19. The number of nitrogens with one attached hydrogen (secondary N) is 1. The molecule has 2 aliphatic rings. The fourth-order valence-electron chi connectivity index (χ4n) is 3.44. The van der Waals surface area contributed by atoms with Crippen molar-refractivity contribution in [3.63, 3.8) is 0 Å². The molecule has 142 valence electrons. The maximum Gasteiger partial charge on any atom is 0.243 e. The van der Waals surface area contributed by atoms with E-state index >= 15 is 0 Å². The minimum atomic E-state index is -3.68. The summed E-state index contributed by atoms with van der Waals surface area (Å²) >= 11 is 5.83. The molecule has 0 aromatic heterocycles. The summed E-state index contributed by atoms with van der Waals surface area (Å²) in [5.41, 5.74) is 0. The lowest BCUT2D eigenvalue weighted by atomic mass is 9.97. The zero-order valence-corrected chi connectivity index (χ0v) is 16.1. The maximum absolute atomic E-state index is 12.9. The molecule has 1 N–H and O–H groups in total. The second kappa shape index (κ2) is 7.54. The number of benzene rings is 1. The number of rotatable bonds is 3. The molecule has 1 aromatic carbocycles. The molecule has 2 amide bonds. The number of hydrogen-bond acceptors (Lipinski definition) is 4. The van der Waals surface area contributed by atoms with Crippen molar-refractivity contribution in [3.8, 4) is 0 Å². The molecule has 26 heavy (non-hydrogen) atoms. The largest absolute Gasteiger partial charge is 0.353 e. The molecule has 2 fully saturated rings. The first-order valence-electron chi connectivity index (χ1n) is 8.64. The van der Waals surface area contributed by atoms with Crippen LogP contribution in [0, 0.1) is 5.92 Å². The molecular formula is C17H22ClN3O4S. The average Bonchev–Trinajstić information content (AvgIpc) is 2.64. The summed E-state index contributed by atoms with van der Waals surface area (Å²) in [6, 6.07) is 5.49. The highest BCUT2D eigenvalue weighted by Gasteiger charge is 2.38. The minimum Gasteiger partial charge on any atom is -0.353 e. The van der Waals surface area contributed by atoms with Crippen LogP contribution in [0.1, 0.15) is 19.8 Å². The molecule has 3 rings (SSSR count). The van der Waals surface area contributed by atoms with Crippen LogP contribution in [0.2, 0.25) is 5.02 Å². The normalized spacial score (nSPS) is 25.0.